The van der Waals surface area contributed by atoms with Crippen LogP contribution in [0.2, 0.25) is 0 Å². The summed E-state index contributed by atoms with van der Waals surface area (Å²) in [4.78, 5) is 32.2. The Kier molecular flexibility index (Phi) is 32.0. The Morgan fingerprint density at radius 2 is 0.559 bits per heavy atom. The number of phosphoric acid groups is 2. The summed E-state index contributed by atoms with van der Waals surface area (Å²) in [5, 5.41) is 0. The van der Waals surface area contributed by atoms with Crippen LogP contribution in [0.3, 0.4) is 0 Å². The Balaban J connectivity index is 4.30. The summed E-state index contributed by atoms with van der Waals surface area (Å²) in [5.74, 6) is 0. The van der Waals surface area contributed by atoms with Crippen molar-refractivity contribution < 1.29 is 32.6 Å². The molecule has 0 aliphatic heterocycles. The average molecular weight is 856 g/mol. The van der Waals surface area contributed by atoms with Gasteiger partial charge in [0.25, 0.3) is 7.82 Å². The van der Waals surface area contributed by atoms with Crippen LogP contribution in [0.15, 0.2) is 116 Å². The second kappa shape index (κ2) is 33.3. The fourth-order valence-electron chi connectivity index (χ4n) is 6.29. The summed E-state index contributed by atoms with van der Waals surface area (Å²) in [6, 6.07) is 0. The molecule has 0 fully saturated rings. The first kappa shape index (κ1) is 56.7. The SMILES string of the molecule is CC(C)=CCC/C(C)=C/CC/C(C)=C/CC/C(C)=C/CC/C(C)=C/CC/C(C)=C/CC/C(C)=C/CC/C(C)=C/CC/C(C)=C/CC/C(C)=C/COP(=O)([O-])OP(=O)([O-])[O-]. The first-order valence-electron chi connectivity index (χ1n) is 21.9. The Morgan fingerprint density at radius 1 is 0.356 bits per heavy atom. The molecule has 336 valence electrons. The van der Waals surface area contributed by atoms with Gasteiger partial charge in [-0.2, -0.15) is 0 Å². The van der Waals surface area contributed by atoms with E-state index in [1.165, 1.54) is 62.7 Å². The first-order chi connectivity index (χ1) is 27.7. The second-order valence-corrected chi connectivity index (χ2v) is 19.6. The van der Waals surface area contributed by atoms with Crippen LogP contribution in [0.25, 0.3) is 0 Å². The highest BCUT2D eigenvalue weighted by Gasteiger charge is 2.10. The molecule has 0 rings (SSSR count). The smallest absolute Gasteiger partial charge is 0.272 e. The van der Waals surface area contributed by atoms with Crippen LogP contribution < -0.4 is 14.7 Å². The Labute approximate surface area is 361 Å². The van der Waals surface area contributed by atoms with Crippen molar-refractivity contribution in [2.45, 2.75) is 192 Å². The molecule has 0 aromatic carbocycles. The van der Waals surface area contributed by atoms with E-state index in [1.807, 2.05) is 6.92 Å². The molecule has 0 spiro atoms. The molecular formula is C50H81O7P2-3. The standard InChI is InChI=1S/C50H84O7P2/c1-41(2)21-12-22-42(3)23-13-24-43(4)25-14-26-44(5)27-15-28-45(6)29-16-30-46(7)31-17-32-47(8)33-18-34-48(9)35-19-36-49(10)37-20-38-50(11)39-40-56-59(54,55)57-58(51,52)53/h21,23,25,27,29,31,33,35,37,39H,12-20,22,24,26,28,30,32,34,36,38,40H2,1-11H3,(H,54,55)(H2,51,52,53)/p-3/b42-23+,43-25+,44-27+,45-29+,46-31+,47-33+,48-35+,49-37+,50-39+. The Hall–Kier alpha value is -2.34. The van der Waals surface area contributed by atoms with Gasteiger partial charge in [-0.1, -0.05) is 116 Å². The summed E-state index contributed by atoms with van der Waals surface area (Å²) in [5.41, 5.74) is 13.9. The van der Waals surface area contributed by atoms with E-state index in [4.69, 9.17) is 0 Å². The van der Waals surface area contributed by atoms with Gasteiger partial charge in [-0.25, -0.2) is 0 Å². The molecule has 7 nitrogen and oxygen atoms in total. The maximum atomic E-state index is 11.3. The van der Waals surface area contributed by atoms with Crippen molar-refractivity contribution in [3.05, 3.63) is 116 Å². The van der Waals surface area contributed by atoms with Gasteiger partial charge in [-0.15, -0.1) is 0 Å². The van der Waals surface area contributed by atoms with Crippen LogP contribution in [-0.2, 0) is 18.0 Å². The molecule has 9 heteroatoms. The van der Waals surface area contributed by atoms with Gasteiger partial charge < -0.3 is 23.8 Å². The third-order valence-electron chi connectivity index (χ3n) is 10.2. The van der Waals surface area contributed by atoms with Gasteiger partial charge in [0, 0.05) is 0 Å². The predicted molar refractivity (Wildman–Crippen MR) is 249 cm³/mol. The van der Waals surface area contributed by atoms with Crippen LogP contribution in [0, 0.1) is 0 Å². The molecule has 0 amide bonds. The van der Waals surface area contributed by atoms with E-state index in [0.717, 1.165) is 108 Å². The Morgan fingerprint density at radius 3 is 0.763 bits per heavy atom. The first-order valence-corrected chi connectivity index (χ1v) is 24.8. The Bertz CT molecular complexity index is 1640. The van der Waals surface area contributed by atoms with E-state index in [1.54, 1.807) is 0 Å². The maximum Gasteiger partial charge on any atom is 0.272 e. The van der Waals surface area contributed by atoms with Gasteiger partial charge in [0.05, 0.1) is 14.4 Å². The molecule has 0 radical (unpaired) electrons. The molecular weight excluding hydrogens is 774 g/mol. The number of rotatable bonds is 32. The highest BCUT2D eigenvalue weighted by Crippen LogP contribution is 2.50. The third-order valence-corrected chi connectivity index (χ3v) is 12.3. The van der Waals surface area contributed by atoms with Gasteiger partial charge in [-0.3, -0.25) is 8.88 Å². The summed E-state index contributed by atoms with van der Waals surface area (Å²) in [7, 11) is -10.9. The van der Waals surface area contributed by atoms with E-state index in [2.05, 4.69) is 133 Å². The minimum Gasteiger partial charge on any atom is -0.790 e. The molecule has 0 bridgehead atoms. The zero-order valence-electron chi connectivity index (χ0n) is 39.0. The number of hydrogen-bond acceptors (Lipinski definition) is 7. The molecule has 0 N–H and O–H groups in total. The van der Waals surface area contributed by atoms with Gasteiger partial charge in [-0.05, 0) is 192 Å². The van der Waals surface area contributed by atoms with Crippen molar-refractivity contribution in [2.24, 2.45) is 0 Å². The fraction of sp³-hybridized carbons (Fsp3) is 0.600. The van der Waals surface area contributed by atoms with E-state index >= 15 is 0 Å². The van der Waals surface area contributed by atoms with E-state index in [9.17, 15) is 23.8 Å². The monoisotopic (exact) mass is 856 g/mol. The van der Waals surface area contributed by atoms with Crippen molar-refractivity contribution in [1.29, 1.82) is 0 Å². The number of allylic oxidation sites excluding steroid dienone is 19. The van der Waals surface area contributed by atoms with E-state index < -0.39 is 22.3 Å². The van der Waals surface area contributed by atoms with Crippen molar-refractivity contribution in [2.75, 3.05) is 6.61 Å². The molecule has 0 saturated carbocycles. The molecule has 0 aliphatic carbocycles. The maximum absolute atomic E-state index is 11.3. The molecule has 0 heterocycles. The lowest BCUT2D eigenvalue weighted by Crippen LogP contribution is -2.19. The van der Waals surface area contributed by atoms with Crippen molar-refractivity contribution >= 4 is 15.6 Å². The van der Waals surface area contributed by atoms with Gasteiger partial charge in [0.15, 0.2) is 0 Å². The van der Waals surface area contributed by atoms with Crippen molar-refractivity contribution in [3.8, 4) is 0 Å². The third kappa shape index (κ3) is 38.3. The fourth-order valence-corrected chi connectivity index (χ4v) is 7.72. The molecule has 0 saturated heterocycles. The normalized spacial score (nSPS) is 15.9. The quantitative estimate of drug-likeness (QED) is 0.0488. The van der Waals surface area contributed by atoms with Gasteiger partial charge in [0.2, 0.25) is 0 Å². The topological polar surface area (TPSA) is 122 Å². The van der Waals surface area contributed by atoms with Gasteiger partial charge >= 0.3 is 0 Å². The van der Waals surface area contributed by atoms with E-state index in [0.29, 0.717) is 6.42 Å². The lowest BCUT2D eigenvalue weighted by Gasteiger charge is -2.34. The summed E-state index contributed by atoms with van der Waals surface area (Å²) in [6.45, 7) is 23.7. The predicted octanol–water partition coefficient (Wildman–Crippen LogP) is 14.8. The van der Waals surface area contributed by atoms with Crippen molar-refractivity contribution in [1.82, 2.24) is 0 Å². The minimum atomic E-state index is -5.67. The second-order valence-electron chi connectivity index (χ2n) is 16.9. The molecule has 1 atom stereocenters. The molecule has 1 unspecified atom stereocenters. The molecule has 0 aliphatic rings. The zero-order chi connectivity index (χ0) is 44.7. The molecule has 0 aromatic heterocycles. The van der Waals surface area contributed by atoms with Crippen LogP contribution >= 0.6 is 15.6 Å². The van der Waals surface area contributed by atoms with Crippen LogP contribution in [0.1, 0.15) is 192 Å². The van der Waals surface area contributed by atoms with Crippen LogP contribution in [-0.4, -0.2) is 6.61 Å². The highest BCUT2D eigenvalue weighted by atomic mass is 31.3. The van der Waals surface area contributed by atoms with Crippen LogP contribution in [0.5, 0.6) is 0 Å². The van der Waals surface area contributed by atoms with E-state index in [-0.39, 0.29) is 0 Å². The summed E-state index contributed by atoms with van der Waals surface area (Å²) >= 11 is 0. The largest absolute Gasteiger partial charge is 0.790 e. The molecule has 59 heavy (non-hydrogen) atoms. The minimum absolute atomic E-state index is 0.391. The van der Waals surface area contributed by atoms with Crippen molar-refractivity contribution in [3.63, 3.8) is 0 Å². The number of phosphoric ester groups is 1. The van der Waals surface area contributed by atoms with Crippen LogP contribution in [0.4, 0.5) is 0 Å². The summed E-state index contributed by atoms with van der Waals surface area (Å²) < 4.78 is 29.6. The lowest BCUT2D eigenvalue weighted by molar-refractivity contribution is -0.339. The average Bonchev–Trinajstić information content (AvgIpc) is 3.10. The number of hydrogen-bond donors (Lipinski definition) is 0. The highest BCUT2D eigenvalue weighted by molar-refractivity contribution is 7.58. The molecule has 0 aromatic rings. The lowest BCUT2D eigenvalue weighted by atomic mass is 10.0. The zero-order valence-corrected chi connectivity index (χ0v) is 40.7. The van der Waals surface area contributed by atoms with Gasteiger partial charge in [0.1, 0.15) is 0 Å². The summed E-state index contributed by atoms with van der Waals surface area (Å²) in [6.07, 6.45) is 42.1.